The second kappa shape index (κ2) is 6.38. The van der Waals surface area contributed by atoms with E-state index in [1.165, 1.54) is 0 Å². The van der Waals surface area contributed by atoms with Crippen LogP contribution in [-0.4, -0.2) is 32.0 Å². The molecule has 0 amide bonds. The molecule has 1 N–H and O–H groups in total. The van der Waals surface area contributed by atoms with Crippen molar-refractivity contribution in [3.05, 3.63) is 29.9 Å². The predicted molar refractivity (Wildman–Crippen MR) is 73.9 cm³/mol. The first-order valence-electron chi connectivity index (χ1n) is 6.35. The molecule has 20 heavy (non-hydrogen) atoms. The smallest absolute Gasteiger partial charge is 0.319 e. The lowest BCUT2D eigenvalue weighted by molar-refractivity contribution is -0.145. The van der Waals surface area contributed by atoms with Crippen molar-refractivity contribution in [1.29, 1.82) is 0 Å². The molecule has 1 aromatic heterocycles. The van der Waals surface area contributed by atoms with Gasteiger partial charge in [0, 0.05) is 18.4 Å². The molecule has 0 saturated carbocycles. The molecule has 0 aromatic carbocycles. The second-order valence-corrected chi connectivity index (χ2v) is 4.47. The fourth-order valence-corrected chi connectivity index (χ4v) is 2.08. The van der Waals surface area contributed by atoms with Crippen LogP contribution in [0.2, 0.25) is 0 Å². The van der Waals surface area contributed by atoms with E-state index < -0.39 is 5.92 Å². The van der Waals surface area contributed by atoms with Crippen molar-refractivity contribution in [2.24, 2.45) is 11.0 Å². The number of esters is 1. The lowest BCUT2D eigenvalue weighted by Gasteiger charge is -2.24. The Morgan fingerprint density at radius 1 is 1.45 bits per heavy atom. The van der Waals surface area contributed by atoms with Crippen LogP contribution >= 0.6 is 0 Å². The second-order valence-electron chi connectivity index (χ2n) is 4.47. The monoisotopic (exact) mass is 278 g/mol. The molecule has 2 heterocycles. The van der Waals surface area contributed by atoms with Gasteiger partial charge in [0.15, 0.2) is 0 Å². The van der Waals surface area contributed by atoms with Crippen LogP contribution in [0.3, 0.4) is 0 Å². The largest absolute Gasteiger partial charge is 0.465 e. The first-order chi connectivity index (χ1) is 9.65. The minimum absolute atomic E-state index is 0.219. The third-order valence-corrected chi connectivity index (χ3v) is 3.06. The molecule has 108 valence electrons. The number of furan rings is 1. The molecule has 0 spiro atoms. The van der Waals surface area contributed by atoms with Crippen molar-refractivity contribution in [2.45, 2.75) is 13.8 Å². The zero-order valence-electron chi connectivity index (χ0n) is 11.8. The number of allylic oxidation sites excluding steroid dienone is 1. The van der Waals surface area contributed by atoms with Crippen molar-refractivity contribution in [3.63, 3.8) is 0 Å². The molecule has 1 atom stereocenters. The molecule has 6 nitrogen and oxygen atoms in total. The summed E-state index contributed by atoms with van der Waals surface area (Å²) in [6.07, 6.45) is 1.57. The molecule has 1 aliphatic rings. The molecule has 1 aliphatic heterocycles. The Kier molecular flexibility index (Phi) is 4.57. The van der Waals surface area contributed by atoms with E-state index >= 15 is 0 Å². The van der Waals surface area contributed by atoms with E-state index in [2.05, 4.69) is 10.5 Å². The van der Waals surface area contributed by atoms with E-state index in [0.717, 1.165) is 11.3 Å². The number of carbonyl (C=O) groups excluding carboxylic acids is 1. The van der Waals surface area contributed by atoms with Gasteiger partial charge in [0.05, 0.1) is 18.6 Å². The first kappa shape index (κ1) is 14.3. The van der Waals surface area contributed by atoms with Gasteiger partial charge < -0.3 is 13.9 Å². The van der Waals surface area contributed by atoms with Gasteiger partial charge >= 0.3 is 5.97 Å². The van der Waals surface area contributed by atoms with Crippen LogP contribution in [0.1, 0.15) is 19.6 Å². The van der Waals surface area contributed by atoms with Crippen molar-refractivity contribution in [3.8, 4) is 0 Å². The average Bonchev–Trinajstić information content (AvgIpc) is 2.94. The highest BCUT2D eigenvalue weighted by molar-refractivity contribution is 6.11. The lowest BCUT2D eigenvalue weighted by Crippen LogP contribution is -2.32. The molecule has 1 unspecified atom stereocenters. The average molecular weight is 278 g/mol. The van der Waals surface area contributed by atoms with Gasteiger partial charge in [0.1, 0.15) is 18.3 Å². The molecule has 2 rings (SSSR count). The summed E-state index contributed by atoms with van der Waals surface area (Å²) >= 11 is 0. The number of hydrazone groups is 1. The maximum absolute atomic E-state index is 12.3. The summed E-state index contributed by atoms with van der Waals surface area (Å²) in [5, 5.41) is 4.14. The number of hydrogen-bond acceptors (Lipinski definition) is 6. The Labute approximate surface area is 117 Å². The van der Waals surface area contributed by atoms with Gasteiger partial charge in [-0.3, -0.25) is 10.2 Å². The third-order valence-electron chi connectivity index (χ3n) is 3.06. The van der Waals surface area contributed by atoms with Crippen molar-refractivity contribution < 1.29 is 18.7 Å². The molecule has 6 heteroatoms. The van der Waals surface area contributed by atoms with Crippen LogP contribution < -0.4 is 5.43 Å². The number of hydrogen-bond donors (Lipinski definition) is 1. The summed E-state index contributed by atoms with van der Waals surface area (Å²) in [6.45, 7) is 4.22. The van der Waals surface area contributed by atoms with Crippen LogP contribution in [0.15, 0.2) is 33.6 Å². The molecule has 1 aromatic rings. The SMILES string of the molecule is COCCOC(=O)C1C(C)=NNC(C)=C1c1ccco1. The highest BCUT2D eigenvalue weighted by atomic mass is 16.6. The van der Waals surface area contributed by atoms with Gasteiger partial charge in [-0.05, 0) is 26.0 Å². The summed E-state index contributed by atoms with van der Waals surface area (Å²) in [6, 6.07) is 3.60. The molecule has 0 aliphatic carbocycles. The van der Waals surface area contributed by atoms with Crippen LogP contribution in [0.5, 0.6) is 0 Å². The van der Waals surface area contributed by atoms with Crippen molar-refractivity contribution in [2.75, 3.05) is 20.3 Å². The standard InChI is InChI=1S/C14H18N2O4/c1-9-12(11-5-4-6-19-11)13(10(2)16-15-9)14(17)20-8-7-18-3/h4-6,13,15H,7-8H2,1-3H3. The van der Waals surface area contributed by atoms with E-state index in [1.54, 1.807) is 26.4 Å². The number of rotatable bonds is 5. The summed E-state index contributed by atoms with van der Waals surface area (Å²) in [5.74, 6) is -0.271. The van der Waals surface area contributed by atoms with Gasteiger partial charge in [0.25, 0.3) is 0 Å². The van der Waals surface area contributed by atoms with Crippen LogP contribution in [0.4, 0.5) is 0 Å². The third kappa shape index (κ3) is 2.91. The highest BCUT2D eigenvalue weighted by Crippen LogP contribution is 2.31. The molecule has 0 radical (unpaired) electrons. The minimum Gasteiger partial charge on any atom is -0.465 e. The fourth-order valence-electron chi connectivity index (χ4n) is 2.08. The molecular weight excluding hydrogens is 260 g/mol. The van der Waals surface area contributed by atoms with E-state index in [-0.39, 0.29) is 12.6 Å². The molecule has 0 saturated heterocycles. The van der Waals surface area contributed by atoms with Crippen LogP contribution in [0.25, 0.3) is 5.57 Å². The normalized spacial score (nSPS) is 18.6. The summed E-state index contributed by atoms with van der Waals surface area (Å²) in [5.41, 5.74) is 5.07. The Balaban J connectivity index is 2.24. The van der Waals surface area contributed by atoms with E-state index in [4.69, 9.17) is 13.9 Å². The van der Waals surface area contributed by atoms with Gasteiger partial charge in [-0.2, -0.15) is 5.10 Å². The number of carbonyl (C=O) groups is 1. The quantitative estimate of drug-likeness (QED) is 0.656. The lowest BCUT2D eigenvalue weighted by atomic mass is 9.90. The number of nitrogens with one attached hydrogen (secondary N) is 1. The minimum atomic E-state index is -0.556. The van der Waals surface area contributed by atoms with Gasteiger partial charge in [-0.25, -0.2) is 0 Å². The number of ether oxygens (including phenoxy) is 2. The first-order valence-corrected chi connectivity index (χ1v) is 6.35. The van der Waals surface area contributed by atoms with Gasteiger partial charge in [0.2, 0.25) is 0 Å². The van der Waals surface area contributed by atoms with Crippen LogP contribution in [0, 0.1) is 5.92 Å². The Morgan fingerprint density at radius 2 is 2.25 bits per heavy atom. The van der Waals surface area contributed by atoms with Gasteiger partial charge in [-0.15, -0.1) is 0 Å². The summed E-state index contributed by atoms with van der Waals surface area (Å²) in [7, 11) is 1.56. The predicted octanol–water partition coefficient (Wildman–Crippen LogP) is 1.80. The Hall–Kier alpha value is -2.08. The molecular formula is C14H18N2O4. The number of nitrogens with zero attached hydrogens (tertiary/aromatic N) is 1. The fraction of sp³-hybridized carbons (Fsp3) is 0.429. The van der Waals surface area contributed by atoms with Crippen molar-refractivity contribution >= 4 is 17.3 Å². The highest BCUT2D eigenvalue weighted by Gasteiger charge is 2.34. The van der Waals surface area contributed by atoms with E-state index in [0.29, 0.717) is 18.1 Å². The summed E-state index contributed by atoms with van der Waals surface area (Å²) < 4.78 is 15.5. The maximum Gasteiger partial charge on any atom is 0.319 e. The maximum atomic E-state index is 12.3. The van der Waals surface area contributed by atoms with E-state index in [1.807, 2.05) is 13.0 Å². The molecule has 0 bridgehead atoms. The zero-order chi connectivity index (χ0) is 14.5. The van der Waals surface area contributed by atoms with Crippen molar-refractivity contribution in [1.82, 2.24) is 5.43 Å². The summed E-state index contributed by atoms with van der Waals surface area (Å²) in [4.78, 5) is 12.3. The zero-order valence-corrected chi connectivity index (χ0v) is 11.8. The van der Waals surface area contributed by atoms with Gasteiger partial charge in [-0.1, -0.05) is 0 Å². The number of methoxy groups -OCH3 is 1. The van der Waals surface area contributed by atoms with Crippen LogP contribution in [-0.2, 0) is 14.3 Å². The molecule has 0 fully saturated rings. The Bertz CT molecular complexity index is 531. The Morgan fingerprint density at radius 3 is 2.90 bits per heavy atom. The van der Waals surface area contributed by atoms with E-state index in [9.17, 15) is 4.79 Å². The topological polar surface area (TPSA) is 73.1 Å².